The standard InChI is InChI=1S/C14H16O3/c1-9-4-5-12-10(6-9)7-11(17-12)8-14(2,3)13(15)16/h4-7H,8H2,1-3H3,(H,15,16). The fourth-order valence-electron chi connectivity index (χ4n) is 1.82. The van der Waals surface area contributed by atoms with Gasteiger partial charge in [0.1, 0.15) is 11.3 Å². The van der Waals surface area contributed by atoms with Gasteiger partial charge in [0, 0.05) is 11.8 Å². The predicted octanol–water partition coefficient (Wildman–Crippen LogP) is 3.39. The number of furan rings is 1. The second kappa shape index (κ2) is 3.91. The van der Waals surface area contributed by atoms with Gasteiger partial charge in [0.25, 0.3) is 0 Å². The number of aryl methyl sites for hydroxylation is 1. The molecular formula is C14H16O3. The van der Waals surface area contributed by atoms with Gasteiger partial charge < -0.3 is 9.52 Å². The van der Waals surface area contributed by atoms with E-state index < -0.39 is 11.4 Å². The van der Waals surface area contributed by atoms with Gasteiger partial charge in [-0.05, 0) is 39.0 Å². The van der Waals surface area contributed by atoms with E-state index in [0.717, 1.165) is 16.7 Å². The molecule has 1 heterocycles. The number of carboxylic acid groups (broad SMARTS) is 1. The van der Waals surface area contributed by atoms with Crippen molar-refractivity contribution in [3.63, 3.8) is 0 Å². The van der Waals surface area contributed by atoms with Gasteiger partial charge in [-0.25, -0.2) is 0 Å². The molecule has 0 spiro atoms. The van der Waals surface area contributed by atoms with E-state index in [2.05, 4.69) is 0 Å². The van der Waals surface area contributed by atoms with Crippen LogP contribution in [0.4, 0.5) is 0 Å². The highest BCUT2D eigenvalue weighted by Gasteiger charge is 2.28. The zero-order chi connectivity index (χ0) is 12.6. The monoisotopic (exact) mass is 232 g/mol. The molecule has 0 saturated carbocycles. The summed E-state index contributed by atoms with van der Waals surface area (Å²) in [5, 5.41) is 10.1. The first kappa shape index (κ1) is 11.7. The van der Waals surface area contributed by atoms with Crippen LogP contribution >= 0.6 is 0 Å². The molecule has 2 rings (SSSR count). The molecule has 0 radical (unpaired) electrons. The van der Waals surface area contributed by atoms with E-state index in [-0.39, 0.29) is 0 Å². The van der Waals surface area contributed by atoms with E-state index in [4.69, 9.17) is 9.52 Å². The summed E-state index contributed by atoms with van der Waals surface area (Å²) in [4.78, 5) is 11.1. The van der Waals surface area contributed by atoms with Crippen molar-refractivity contribution in [1.82, 2.24) is 0 Å². The Kier molecular flexibility index (Phi) is 2.69. The van der Waals surface area contributed by atoms with Crippen molar-refractivity contribution >= 4 is 16.9 Å². The first-order valence-corrected chi connectivity index (χ1v) is 5.61. The van der Waals surface area contributed by atoms with Crippen LogP contribution in [0.5, 0.6) is 0 Å². The van der Waals surface area contributed by atoms with Crippen LogP contribution in [-0.4, -0.2) is 11.1 Å². The van der Waals surface area contributed by atoms with Crippen molar-refractivity contribution < 1.29 is 14.3 Å². The van der Waals surface area contributed by atoms with E-state index in [1.807, 2.05) is 31.2 Å². The molecule has 0 aliphatic heterocycles. The zero-order valence-electron chi connectivity index (χ0n) is 10.3. The van der Waals surface area contributed by atoms with Gasteiger partial charge in [0.2, 0.25) is 0 Å². The van der Waals surface area contributed by atoms with Gasteiger partial charge in [0.05, 0.1) is 5.41 Å². The minimum atomic E-state index is -0.811. The van der Waals surface area contributed by atoms with Crippen LogP contribution in [-0.2, 0) is 11.2 Å². The molecule has 0 unspecified atom stereocenters. The summed E-state index contributed by atoms with van der Waals surface area (Å²) in [5.41, 5.74) is 1.18. The van der Waals surface area contributed by atoms with Gasteiger partial charge in [-0.2, -0.15) is 0 Å². The number of rotatable bonds is 3. The highest BCUT2D eigenvalue weighted by molar-refractivity contribution is 5.79. The SMILES string of the molecule is Cc1ccc2oc(CC(C)(C)C(=O)O)cc2c1. The molecular weight excluding hydrogens is 216 g/mol. The molecule has 1 aromatic heterocycles. The molecule has 3 nitrogen and oxygen atoms in total. The summed E-state index contributed by atoms with van der Waals surface area (Å²) >= 11 is 0. The maximum Gasteiger partial charge on any atom is 0.309 e. The number of benzene rings is 1. The Labute approximate surface area is 100 Å². The topological polar surface area (TPSA) is 50.4 Å². The summed E-state index contributed by atoms with van der Waals surface area (Å²) in [5.74, 6) is -0.0906. The Morgan fingerprint density at radius 1 is 1.35 bits per heavy atom. The molecule has 1 N–H and O–H groups in total. The van der Waals surface area contributed by atoms with E-state index >= 15 is 0 Å². The molecule has 90 valence electrons. The smallest absolute Gasteiger partial charge is 0.309 e. The number of hydrogen-bond donors (Lipinski definition) is 1. The third kappa shape index (κ3) is 2.33. The van der Waals surface area contributed by atoms with Gasteiger partial charge in [-0.3, -0.25) is 4.79 Å². The lowest BCUT2D eigenvalue weighted by molar-refractivity contribution is -0.147. The molecule has 0 aliphatic rings. The Hall–Kier alpha value is -1.77. The quantitative estimate of drug-likeness (QED) is 0.882. The van der Waals surface area contributed by atoms with Gasteiger partial charge in [-0.1, -0.05) is 11.6 Å². The number of aliphatic carboxylic acids is 1. The lowest BCUT2D eigenvalue weighted by Gasteiger charge is -2.16. The molecule has 0 aliphatic carbocycles. The predicted molar refractivity (Wildman–Crippen MR) is 66.1 cm³/mol. The van der Waals surface area contributed by atoms with Gasteiger partial charge in [-0.15, -0.1) is 0 Å². The normalized spacial score (nSPS) is 11.9. The van der Waals surface area contributed by atoms with Crippen LogP contribution in [0.15, 0.2) is 28.7 Å². The zero-order valence-corrected chi connectivity index (χ0v) is 10.3. The average molecular weight is 232 g/mol. The fraction of sp³-hybridized carbons (Fsp3) is 0.357. The van der Waals surface area contributed by atoms with E-state index in [1.54, 1.807) is 13.8 Å². The second-order valence-electron chi connectivity index (χ2n) is 5.12. The van der Waals surface area contributed by atoms with Crippen LogP contribution in [0.3, 0.4) is 0 Å². The minimum absolute atomic E-state index is 0.399. The Morgan fingerprint density at radius 3 is 2.71 bits per heavy atom. The third-order valence-corrected chi connectivity index (χ3v) is 2.92. The molecule has 0 saturated heterocycles. The summed E-state index contributed by atoms with van der Waals surface area (Å²) in [6, 6.07) is 7.86. The molecule has 2 aromatic rings. The van der Waals surface area contributed by atoms with E-state index in [1.165, 1.54) is 5.56 Å². The summed E-state index contributed by atoms with van der Waals surface area (Å²) in [7, 11) is 0. The first-order chi connectivity index (χ1) is 7.88. The minimum Gasteiger partial charge on any atom is -0.481 e. The van der Waals surface area contributed by atoms with Crippen molar-refractivity contribution in [3.8, 4) is 0 Å². The molecule has 0 bridgehead atoms. The van der Waals surface area contributed by atoms with Gasteiger partial charge >= 0.3 is 5.97 Å². The number of carboxylic acids is 1. The highest BCUT2D eigenvalue weighted by Crippen LogP contribution is 2.27. The second-order valence-corrected chi connectivity index (χ2v) is 5.12. The molecule has 1 aromatic carbocycles. The number of fused-ring (bicyclic) bond motifs is 1. The third-order valence-electron chi connectivity index (χ3n) is 2.92. The summed E-state index contributed by atoms with van der Waals surface area (Å²) < 4.78 is 5.65. The van der Waals surface area contributed by atoms with Crippen LogP contribution < -0.4 is 0 Å². The molecule has 0 fully saturated rings. The largest absolute Gasteiger partial charge is 0.481 e. The van der Waals surface area contributed by atoms with Crippen LogP contribution in [0.25, 0.3) is 11.0 Å². The molecule has 0 amide bonds. The molecule has 3 heteroatoms. The fourth-order valence-corrected chi connectivity index (χ4v) is 1.82. The van der Waals surface area contributed by atoms with Crippen LogP contribution in [0, 0.1) is 12.3 Å². The number of carbonyl (C=O) groups is 1. The lowest BCUT2D eigenvalue weighted by atomic mass is 9.88. The van der Waals surface area contributed by atoms with Crippen molar-refractivity contribution in [3.05, 3.63) is 35.6 Å². The number of hydrogen-bond acceptors (Lipinski definition) is 2. The maximum absolute atomic E-state index is 11.1. The maximum atomic E-state index is 11.1. The van der Waals surface area contributed by atoms with Crippen LogP contribution in [0.1, 0.15) is 25.2 Å². The first-order valence-electron chi connectivity index (χ1n) is 5.61. The molecule has 17 heavy (non-hydrogen) atoms. The van der Waals surface area contributed by atoms with Crippen molar-refractivity contribution in [2.75, 3.05) is 0 Å². The van der Waals surface area contributed by atoms with Crippen molar-refractivity contribution in [2.24, 2.45) is 5.41 Å². The van der Waals surface area contributed by atoms with Crippen molar-refractivity contribution in [2.45, 2.75) is 27.2 Å². The highest BCUT2D eigenvalue weighted by atomic mass is 16.4. The Morgan fingerprint density at radius 2 is 2.06 bits per heavy atom. The average Bonchev–Trinajstić information content (AvgIpc) is 2.57. The van der Waals surface area contributed by atoms with Gasteiger partial charge in [0.15, 0.2) is 0 Å². The summed E-state index contributed by atoms with van der Waals surface area (Å²) in [6.07, 6.45) is 0.399. The molecule has 0 atom stereocenters. The van der Waals surface area contributed by atoms with Crippen LogP contribution in [0.2, 0.25) is 0 Å². The van der Waals surface area contributed by atoms with E-state index in [0.29, 0.717) is 6.42 Å². The lowest BCUT2D eigenvalue weighted by Crippen LogP contribution is -2.25. The summed E-state index contributed by atoms with van der Waals surface area (Å²) in [6.45, 7) is 5.43. The van der Waals surface area contributed by atoms with Crippen molar-refractivity contribution in [1.29, 1.82) is 0 Å². The Balaban J connectivity index is 2.34. The Bertz CT molecular complexity index is 564. The van der Waals surface area contributed by atoms with E-state index in [9.17, 15) is 4.79 Å².